The molecular weight excluding hydrogens is 396 g/mol. The molecule has 150 valence electrons. The Kier molecular flexibility index (Phi) is 4.59. The maximum absolute atomic E-state index is 12.1. The molecule has 0 saturated carbocycles. The highest BCUT2D eigenvalue weighted by molar-refractivity contribution is 6.22. The van der Waals surface area contributed by atoms with Gasteiger partial charge in [-0.2, -0.15) is 0 Å². The Morgan fingerprint density at radius 1 is 0.600 bits per heavy atom. The first-order chi connectivity index (χ1) is 14.3. The van der Waals surface area contributed by atoms with Crippen molar-refractivity contribution in [2.45, 2.75) is 0 Å². The first-order valence-electron chi connectivity index (χ1n) is 8.69. The fourth-order valence-electron chi connectivity index (χ4n) is 3.03. The summed E-state index contributed by atoms with van der Waals surface area (Å²) in [5.74, 6) is -3.76. The maximum Gasteiger partial charge on any atom is 0.338 e. The van der Waals surface area contributed by atoms with Crippen molar-refractivity contribution in [3.05, 3.63) is 69.8 Å². The standard InChI is InChI=1S/C20H12N2O8/c23-15-11-3-1-9(7-13(11)17(25)21-15)19(27)29-5-6-30-20(28)10-2-4-12-14(8-10)18(26)22-16(12)24/h1-4,7-8H,5-6H2,(H,21,23,25)(H,22,24,26). The van der Waals surface area contributed by atoms with E-state index in [4.69, 9.17) is 9.47 Å². The van der Waals surface area contributed by atoms with Crippen molar-refractivity contribution in [1.82, 2.24) is 10.6 Å². The van der Waals surface area contributed by atoms with E-state index in [2.05, 4.69) is 10.6 Å². The monoisotopic (exact) mass is 408 g/mol. The van der Waals surface area contributed by atoms with Crippen molar-refractivity contribution >= 4 is 35.6 Å². The van der Waals surface area contributed by atoms with E-state index in [1.165, 1.54) is 36.4 Å². The summed E-state index contributed by atoms with van der Waals surface area (Å²) in [5, 5.41) is 4.24. The van der Waals surface area contributed by atoms with Gasteiger partial charge >= 0.3 is 11.9 Å². The predicted molar refractivity (Wildman–Crippen MR) is 97.0 cm³/mol. The van der Waals surface area contributed by atoms with E-state index in [-0.39, 0.29) is 46.6 Å². The highest BCUT2D eigenvalue weighted by atomic mass is 16.6. The van der Waals surface area contributed by atoms with Crippen LogP contribution in [0.3, 0.4) is 0 Å². The zero-order valence-electron chi connectivity index (χ0n) is 15.1. The van der Waals surface area contributed by atoms with Gasteiger partial charge in [-0.25, -0.2) is 9.59 Å². The Morgan fingerprint density at radius 3 is 1.37 bits per heavy atom. The Bertz CT molecular complexity index is 1080. The van der Waals surface area contributed by atoms with Crippen LogP contribution in [0.15, 0.2) is 36.4 Å². The molecule has 0 unspecified atom stereocenters. The molecule has 0 aromatic heterocycles. The zero-order chi connectivity index (χ0) is 21.4. The maximum atomic E-state index is 12.1. The third-order valence-electron chi connectivity index (χ3n) is 4.49. The Labute approximate surface area is 168 Å². The molecule has 10 heteroatoms. The van der Waals surface area contributed by atoms with Gasteiger partial charge in [0.25, 0.3) is 23.6 Å². The molecule has 2 aliphatic heterocycles. The van der Waals surface area contributed by atoms with Crippen LogP contribution < -0.4 is 10.6 Å². The van der Waals surface area contributed by atoms with Crippen molar-refractivity contribution < 1.29 is 38.2 Å². The van der Waals surface area contributed by atoms with Crippen LogP contribution in [0.4, 0.5) is 0 Å². The number of hydrogen-bond acceptors (Lipinski definition) is 8. The summed E-state index contributed by atoms with van der Waals surface area (Å²) in [5.41, 5.74) is 0.656. The van der Waals surface area contributed by atoms with Crippen LogP contribution in [-0.2, 0) is 9.47 Å². The fourth-order valence-corrected chi connectivity index (χ4v) is 3.03. The van der Waals surface area contributed by atoms with E-state index < -0.39 is 35.6 Å². The summed E-state index contributed by atoms with van der Waals surface area (Å²) in [6.07, 6.45) is 0. The van der Waals surface area contributed by atoms with Crippen LogP contribution in [0.2, 0.25) is 0 Å². The van der Waals surface area contributed by atoms with Crippen molar-refractivity contribution in [2.75, 3.05) is 13.2 Å². The second-order valence-corrected chi connectivity index (χ2v) is 6.36. The van der Waals surface area contributed by atoms with Crippen molar-refractivity contribution in [2.24, 2.45) is 0 Å². The summed E-state index contributed by atoms with van der Waals surface area (Å²) in [4.78, 5) is 70.5. The molecule has 4 rings (SSSR count). The number of rotatable bonds is 5. The largest absolute Gasteiger partial charge is 0.458 e. The summed E-state index contributed by atoms with van der Waals surface area (Å²) in [7, 11) is 0. The van der Waals surface area contributed by atoms with Gasteiger partial charge in [0.2, 0.25) is 0 Å². The van der Waals surface area contributed by atoms with Gasteiger partial charge in [0.15, 0.2) is 0 Å². The summed E-state index contributed by atoms with van der Waals surface area (Å²) < 4.78 is 10.00. The van der Waals surface area contributed by atoms with Crippen molar-refractivity contribution in [3.8, 4) is 0 Å². The quantitative estimate of drug-likeness (QED) is 0.413. The number of benzene rings is 2. The van der Waals surface area contributed by atoms with E-state index >= 15 is 0 Å². The number of carbonyl (C=O) groups is 6. The Balaban J connectivity index is 1.31. The molecule has 0 atom stereocenters. The number of esters is 2. The van der Waals surface area contributed by atoms with Gasteiger partial charge in [-0.05, 0) is 36.4 Å². The molecule has 2 N–H and O–H groups in total. The minimum atomic E-state index is -0.756. The van der Waals surface area contributed by atoms with E-state index in [0.29, 0.717) is 0 Å². The number of hydrogen-bond donors (Lipinski definition) is 2. The number of carbonyl (C=O) groups excluding carboxylic acids is 6. The smallest absolute Gasteiger partial charge is 0.338 e. The van der Waals surface area contributed by atoms with Crippen LogP contribution in [-0.4, -0.2) is 48.8 Å². The minimum absolute atomic E-state index is 0.0687. The lowest BCUT2D eigenvalue weighted by atomic mass is 10.1. The van der Waals surface area contributed by atoms with Crippen LogP contribution in [0.5, 0.6) is 0 Å². The van der Waals surface area contributed by atoms with Gasteiger partial charge in [0.05, 0.1) is 33.4 Å². The molecule has 2 heterocycles. The van der Waals surface area contributed by atoms with Crippen molar-refractivity contribution in [1.29, 1.82) is 0 Å². The van der Waals surface area contributed by atoms with Crippen LogP contribution in [0, 0.1) is 0 Å². The Morgan fingerprint density at radius 2 is 0.967 bits per heavy atom. The molecule has 0 spiro atoms. The van der Waals surface area contributed by atoms with E-state index in [1.807, 2.05) is 0 Å². The van der Waals surface area contributed by atoms with Crippen LogP contribution in [0.1, 0.15) is 62.1 Å². The molecule has 0 aliphatic carbocycles. The van der Waals surface area contributed by atoms with Gasteiger partial charge in [-0.3, -0.25) is 29.8 Å². The number of amides is 4. The average Bonchev–Trinajstić information content (AvgIpc) is 3.19. The molecule has 30 heavy (non-hydrogen) atoms. The van der Waals surface area contributed by atoms with E-state index in [9.17, 15) is 28.8 Å². The number of nitrogens with one attached hydrogen (secondary N) is 2. The molecular formula is C20H12N2O8. The second-order valence-electron chi connectivity index (χ2n) is 6.36. The molecule has 2 aromatic carbocycles. The molecule has 2 aromatic rings. The van der Waals surface area contributed by atoms with Crippen molar-refractivity contribution in [3.63, 3.8) is 0 Å². The normalized spacial score (nSPS) is 14.0. The molecule has 0 bridgehead atoms. The number of ether oxygens (including phenoxy) is 2. The zero-order valence-corrected chi connectivity index (χ0v) is 15.1. The van der Waals surface area contributed by atoms with Gasteiger partial charge < -0.3 is 9.47 Å². The fraction of sp³-hybridized carbons (Fsp3) is 0.100. The summed E-state index contributed by atoms with van der Waals surface area (Å²) in [6.45, 7) is -0.507. The van der Waals surface area contributed by atoms with Gasteiger partial charge in [-0.15, -0.1) is 0 Å². The van der Waals surface area contributed by atoms with E-state index in [1.54, 1.807) is 0 Å². The minimum Gasteiger partial charge on any atom is -0.458 e. The first kappa shape index (κ1) is 19.0. The lowest BCUT2D eigenvalue weighted by molar-refractivity contribution is 0.0265. The van der Waals surface area contributed by atoms with Crippen LogP contribution >= 0.6 is 0 Å². The lowest BCUT2D eigenvalue weighted by Crippen LogP contribution is -2.20. The van der Waals surface area contributed by atoms with Crippen LogP contribution in [0.25, 0.3) is 0 Å². The Hall–Kier alpha value is -4.34. The average molecular weight is 408 g/mol. The van der Waals surface area contributed by atoms with E-state index in [0.717, 1.165) is 0 Å². The molecule has 2 aliphatic rings. The second kappa shape index (κ2) is 7.24. The highest BCUT2D eigenvalue weighted by Gasteiger charge is 2.29. The lowest BCUT2D eigenvalue weighted by Gasteiger charge is -2.07. The summed E-state index contributed by atoms with van der Waals surface area (Å²) >= 11 is 0. The third kappa shape index (κ3) is 3.30. The van der Waals surface area contributed by atoms with Gasteiger partial charge in [-0.1, -0.05) is 0 Å². The molecule has 10 nitrogen and oxygen atoms in total. The molecule has 0 saturated heterocycles. The number of fused-ring (bicyclic) bond motifs is 2. The third-order valence-corrected chi connectivity index (χ3v) is 4.49. The van der Waals surface area contributed by atoms with Gasteiger partial charge in [0.1, 0.15) is 13.2 Å². The molecule has 0 fully saturated rings. The predicted octanol–water partition coefficient (Wildman–Crippen LogP) is 0.468. The summed E-state index contributed by atoms with van der Waals surface area (Å²) in [6, 6.07) is 7.90. The first-order valence-corrected chi connectivity index (χ1v) is 8.69. The topological polar surface area (TPSA) is 145 Å². The van der Waals surface area contributed by atoms with Gasteiger partial charge in [0, 0.05) is 0 Å². The number of imide groups is 2. The molecule has 0 radical (unpaired) electrons. The SMILES string of the molecule is O=C(OCCOC(=O)c1ccc2c(c1)C(=O)NC2=O)c1ccc2c(c1)C(=O)NC2=O. The highest BCUT2D eigenvalue weighted by Crippen LogP contribution is 2.19. The molecule has 4 amide bonds.